The van der Waals surface area contributed by atoms with Gasteiger partial charge >= 0.3 is 11.9 Å². The number of esters is 2. The molecule has 2 aromatic carbocycles. The molecule has 5 aliphatic heterocycles. The van der Waals surface area contributed by atoms with Gasteiger partial charge in [-0.25, -0.2) is 0 Å². The maximum Gasteiger partial charge on any atom is 0.310 e. The Morgan fingerprint density at radius 3 is 1.82 bits per heavy atom. The lowest BCUT2D eigenvalue weighted by Gasteiger charge is -2.58. The highest BCUT2D eigenvalue weighted by molar-refractivity contribution is 8.78. The molecule has 0 N–H and O–H groups in total. The largest absolute Gasteiger partial charge is 0.455 e. The molecule has 0 saturated carbocycles. The van der Waals surface area contributed by atoms with Crippen LogP contribution in [0.15, 0.2) is 108 Å². The Morgan fingerprint density at radius 2 is 1.24 bits per heavy atom. The maximum absolute atomic E-state index is 14.8. The average molecular weight is 639 g/mol. The SMILES string of the molecule is O=C(Cc1ccccc1)OC1C=CC=C2CC34SSC5(CC6=CCC=CC(OC(=O)Cc7ccccc7)C6N5C3=O)C(=O)N4C21. The lowest BCUT2D eigenvalue weighted by molar-refractivity contribution is -0.172. The molecule has 5 heterocycles. The first-order valence-electron chi connectivity index (χ1n) is 15.1. The highest BCUT2D eigenvalue weighted by Crippen LogP contribution is 2.69. The zero-order valence-electron chi connectivity index (χ0n) is 24.2. The van der Waals surface area contributed by atoms with E-state index >= 15 is 0 Å². The van der Waals surface area contributed by atoms with E-state index in [0.29, 0.717) is 19.3 Å². The fraction of sp³-hybridized carbons (Fsp3) is 0.314. The van der Waals surface area contributed by atoms with Gasteiger partial charge in [-0.1, -0.05) is 107 Å². The highest BCUT2D eigenvalue weighted by atomic mass is 33.1. The molecular weight excluding hydrogens is 609 g/mol. The number of amides is 2. The molecule has 45 heavy (non-hydrogen) atoms. The molecule has 2 amide bonds. The van der Waals surface area contributed by atoms with E-state index in [4.69, 9.17) is 9.47 Å². The number of ether oxygens (including phenoxy) is 2. The van der Waals surface area contributed by atoms with Gasteiger partial charge < -0.3 is 19.3 Å². The van der Waals surface area contributed by atoms with Crippen molar-refractivity contribution in [3.63, 3.8) is 0 Å². The van der Waals surface area contributed by atoms with Crippen LogP contribution in [0.1, 0.15) is 30.4 Å². The zero-order valence-corrected chi connectivity index (χ0v) is 25.9. The lowest BCUT2D eigenvalue weighted by atomic mass is 9.96. The molecule has 10 heteroatoms. The summed E-state index contributed by atoms with van der Waals surface area (Å²) in [5, 5.41) is 0. The molecular formula is C35H30N2O6S2. The molecule has 2 spiro atoms. The van der Waals surface area contributed by atoms with E-state index in [9.17, 15) is 19.2 Å². The molecule has 9 rings (SSSR count). The molecule has 2 aromatic rings. The summed E-state index contributed by atoms with van der Waals surface area (Å²) in [6, 6.07) is 17.7. The van der Waals surface area contributed by atoms with Crippen molar-refractivity contribution in [2.75, 3.05) is 0 Å². The van der Waals surface area contributed by atoms with Gasteiger partial charge in [-0.15, -0.1) is 0 Å². The van der Waals surface area contributed by atoms with Crippen molar-refractivity contribution in [1.82, 2.24) is 9.80 Å². The van der Waals surface area contributed by atoms with E-state index in [0.717, 1.165) is 22.3 Å². The minimum Gasteiger partial charge on any atom is -0.455 e. The molecule has 2 bridgehead atoms. The Balaban J connectivity index is 1.09. The Bertz CT molecular complexity index is 1720. The second-order valence-electron chi connectivity index (χ2n) is 12.1. The molecule has 5 saturated heterocycles. The predicted octanol–water partition coefficient (Wildman–Crippen LogP) is 4.68. The van der Waals surface area contributed by atoms with E-state index < -0.39 is 34.0 Å². The summed E-state index contributed by atoms with van der Waals surface area (Å²) in [6.07, 6.45) is 11.6. The van der Waals surface area contributed by atoms with Crippen LogP contribution in [-0.2, 0) is 41.5 Å². The maximum atomic E-state index is 14.8. The van der Waals surface area contributed by atoms with E-state index in [2.05, 4.69) is 6.08 Å². The minimum absolute atomic E-state index is 0.116. The second-order valence-corrected chi connectivity index (χ2v) is 14.8. The van der Waals surface area contributed by atoms with Crippen molar-refractivity contribution >= 4 is 45.3 Å². The topological polar surface area (TPSA) is 93.2 Å². The first-order chi connectivity index (χ1) is 21.9. The number of benzene rings is 2. The van der Waals surface area contributed by atoms with Crippen LogP contribution in [0.3, 0.4) is 0 Å². The van der Waals surface area contributed by atoms with Crippen LogP contribution in [0.5, 0.6) is 0 Å². The third-order valence-corrected chi connectivity index (χ3v) is 13.0. The Hall–Kier alpha value is -4.02. The number of hydrogen-bond donors (Lipinski definition) is 0. The summed E-state index contributed by atoms with van der Waals surface area (Å²) >= 11 is 0. The van der Waals surface area contributed by atoms with Crippen LogP contribution in [-0.4, -0.2) is 67.6 Å². The molecule has 8 nitrogen and oxygen atoms in total. The fourth-order valence-corrected chi connectivity index (χ4v) is 11.2. The zero-order chi connectivity index (χ0) is 30.8. The number of rotatable bonds is 6. The number of fused-ring (bicyclic) bond motifs is 3. The molecule has 0 radical (unpaired) electrons. The smallest absolute Gasteiger partial charge is 0.310 e. The van der Waals surface area contributed by atoms with Crippen molar-refractivity contribution in [1.29, 1.82) is 0 Å². The average Bonchev–Trinajstić information content (AvgIpc) is 3.50. The normalized spacial score (nSPS) is 32.2. The molecule has 7 aliphatic rings. The third-order valence-electron chi connectivity index (χ3n) is 9.40. The molecule has 0 aromatic heterocycles. The van der Waals surface area contributed by atoms with Crippen molar-refractivity contribution in [3.8, 4) is 0 Å². The van der Waals surface area contributed by atoms with Crippen LogP contribution < -0.4 is 0 Å². The van der Waals surface area contributed by atoms with Gasteiger partial charge in [-0.3, -0.25) is 19.2 Å². The van der Waals surface area contributed by atoms with E-state index in [-0.39, 0.29) is 36.6 Å². The number of carbonyl (C=O) groups is 4. The monoisotopic (exact) mass is 638 g/mol. The predicted molar refractivity (Wildman–Crippen MR) is 170 cm³/mol. The molecule has 2 aliphatic carbocycles. The lowest BCUT2D eigenvalue weighted by Crippen LogP contribution is -2.77. The van der Waals surface area contributed by atoms with Crippen LogP contribution in [0, 0.1) is 0 Å². The van der Waals surface area contributed by atoms with Crippen LogP contribution in [0.4, 0.5) is 0 Å². The van der Waals surface area contributed by atoms with Crippen molar-refractivity contribution in [2.45, 2.75) is 66.1 Å². The minimum atomic E-state index is -1.18. The summed E-state index contributed by atoms with van der Waals surface area (Å²) in [5.41, 5.74) is 3.51. The van der Waals surface area contributed by atoms with E-state index in [1.165, 1.54) is 21.6 Å². The van der Waals surface area contributed by atoms with Crippen molar-refractivity contribution in [2.24, 2.45) is 0 Å². The number of piperazine rings is 1. The van der Waals surface area contributed by atoms with Crippen LogP contribution in [0.2, 0.25) is 0 Å². The van der Waals surface area contributed by atoms with Gasteiger partial charge in [0.1, 0.15) is 12.2 Å². The van der Waals surface area contributed by atoms with Crippen LogP contribution in [0.25, 0.3) is 0 Å². The summed E-state index contributed by atoms with van der Waals surface area (Å²) in [5.74, 6) is -1.10. The quantitative estimate of drug-likeness (QED) is 0.256. The second kappa shape index (κ2) is 10.8. The molecule has 6 atom stereocenters. The molecule has 6 unspecified atom stereocenters. The first kappa shape index (κ1) is 28.5. The third kappa shape index (κ3) is 4.44. The molecule has 228 valence electrons. The molecule has 5 fully saturated rings. The highest BCUT2D eigenvalue weighted by Gasteiger charge is 2.77. The Labute approximate surface area is 268 Å². The van der Waals surface area contributed by atoms with E-state index in [1.54, 1.807) is 15.9 Å². The van der Waals surface area contributed by atoms with Gasteiger partial charge in [0.2, 0.25) is 0 Å². The number of nitrogens with zero attached hydrogens (tertiary/aromatic N) is 2. The van der Waals surface area contributed by atoms with Gasteiger partial charge in [0.25, 0.3) is 11.8 Å². The van der Waals surface area contributed by atoms with Gasteiger partial charge in [-0.2, -0.15) is 0 Å². The van der Waals surface area contributed by atoms with Gasteiger partial charge in [0.05, 0.1) is 24.9 Å². The summed E-state index contributed by atoms with van der Waals surface area (Å²) in [4.78, 5) is 56.7. The van der Waals surface area contributed by atoms with Gasteiger partial charge in [0.15, 0.2) is 9.74 Å². The summed E-state index contributed by atoms with van der Waals surface area (Å²) in [6.45, 7) is 0. The number of carbonyl (C=O) groups excluding carboxylic acids is 4. The Morgan fingerprint density at radius 1 is 0.733 bits per heavy atom. The van der Waals surface area contributed by atoms with E-state index in [1.807, 2.05) is 85.0 Å². The van der Waals surface area contributed by atoms with Crippen molar-refractivity contribution < 1.29 is 28.7 Å². The first-order valence-corrected chi connectivity index (χ1v) is 17.3. The summed E-state index contributed by atoms with van der Waals surface area (Å²) in [7, 11) is 2.87. The number of hydrogen-bond acceptors (Lipinski definition) is 8. The van der Waals surface area contributed by atoms with Crippen LogP contribution >= 0.6 is 21.6 Å². The summed E-state index contributed by atoms with van der Waals surface area (Å²) < 4.78 is 12.1. The fourth-order valence-electron chi connectivity index (χ4n) is 7.49. The van der Waals surface area contributed by atoms with Gasteiger partial charge in [-0.05, 0) is 40.8 Å². The standard InChI is InChI=1S/C35H30N2O6S2/c38-28(18-22-10-3-1-4-11-22)42-26-16-8-7-14-24-20-34-32(40)37-31-25(21-35(37,45-44-34)33(41)36(34)30(24)26)15-9-17-27(31)43-29(39)19-23-12-5-2-6-13-23/h1-6,8-17,26-27,30-31H,7,18-21H2. The van der Waals surface area contributed by atoms with Gasteiger partial charge in [0, 0.05) is 12.8 Å². The number of allylic oxidation sites excluding steroid dienone is 4. The Kier molecular flexibility index (Phi) is 6.83. The van der Waals surface area contributed by atoms with Crippen molar-refractivity contribution in [3.05, 3.63) is 119 Å².